The monoisotopic (exact) mass is 420 g/mol. The first-order valence-electron chi connectivity index (χ1n) is 7.14. The molecule has 2 fully saturated rings. The topological polar surface area (TPSA) is 190 Å². The Kier molecular flexibility index (Phi) is 6.56. The van der Waals surface area contributed by atoms with Gasteiger partial charge in [-0.15, -0.1) is 0 Å². The van der Waals surface area contributed by atoms with E-state index < -0.39 is 73.0 Å². The van der Waals surface area contributed by atoms with Crippen molar-refractivity contribution in [1.82, 2.24) is 0 Å². The van der Waals surface area contributed by atoms with Crippen LogP contribution in [0.5, 0.6) is 0 Å². The van der Waals surface area contributed by atoms with Crippen LogP contribution >= 0.6 is 15.9 Å². The second-order valence-corrected chi connectivity index (χ2v) is 6.94. The van der Waals surface area contributed by atoms with Crippen molar-refractivity contribution in [2.24, 2.45) is 0 Å². The van der Waals surface area contributed by atoms with Gasteiger partial charge in [0.05, 0.1) is 13.2 Å². The van der Waals surface area contributed by atoms with Gasteiger partial charge in [-0.25, -0.2) is 0 Å². The zero-order chi connectivity index (χ0) is 18.2. The molecule has 2 saturated heterocycles. The van der Waals surface area contributed by atoms with Crippen LogP contribution in [0.3, 0.4) is 0 Å². The number of alkyl halides is 1. The van der Waals surface area contributed by atoms with Crippen molar-refractivity contribution < 1.29 is 55.1 Å². The summed E-state index contributed by atoms with van der Waals surface area (Å²) >= 11 is 2.73. The summed E-state index contributed by atoms with van der Waals surface area (Å²) in [6.45, 7) is -1.41. The van der Waals surface area contributed by atoms with Gasteiger partial charge in [-0.05, 0) is 15.9 Å². The highest BCUT2D eigenvalue weighted by molar-refractivity contribution is 9.10. The second kappa shape index (κ2) is 7.73. The number of aliphatic hydroxyl groups is 8. The van der Waals surface area contributed by atoms with Crippen molar-refractivity contribution in [2.75, 3.05) is 13.2 Å². The Morgan fingerprint density at radius 1 is 0.875 bits per heavy atom. The molecule has 0 bridgehead atoms. The molecule has 0 unspecified atom stereocenters. The van der Waals surface area contributed by atoms with Crippen LogP contribution in [-0.2, 0) is 14.2 Å². The lowest BCUT2D eigenvalue weighted by molar-refractivity contribution is -0.358. The van der Waals surface area contributed by atoms with Gasteiger partial charge in [-0.1, -0.05) is 0 Å². The van der Waals surface area contributed by atoms with Crippen LogP contribution in [0.1, 0.15) is 0 Å². The van der Waals surface area contributed by atoms with Gasteiger partial charge in [0, 0.05) is 0 Å². The van der Waals surface area contributed by atoms with Crippen molar-refractivity contribution in [3.63, 3.8) is 0 Å². The van der Waals surface area contributed by atoms with Crippen molar-refractivity contribution in [2.45, 2.75) is 59.8 Å². The number of hydrogen-bond acceptors (Lipinski definition) is 11. The smallest absolute Gasteiger partial charge is 0.188 e. The van der Waals surface area contributed by atoms with Gasteiger partial charge in [0.2, 0.25) is 0 Å². The number of hydrogen-bond donors (Lipinski definition) is 8. The molecule has 0 amide bonds. The molecule has 2 aliphatic rings. The van der Waals surface area contributed by atoms with Crippen LogP contribution in [-0.4, -0.2) is 114 Å². The van der Waals surface area contributed by atoms with E-state index in [4.69, 9.17) is 14.2 Å². The molecule has 0 radical (unpaired) electrons. The number of aliphatic hydroxyl groups excluding tert-OH is 7. The average molecular weight is 421 g/mol. The standard InChI is InChI=1S/C12H21BrO11/c13-12(21)8(18)4(2-15)23-11(9(12)19)24-7-3(1-14)22-10(20)6(17)5(7)16/h3-11,14-21H,1-2H2/t3-,4-,5-,6-,7-,8-,9+,10-,11-,12+/m1/s1. The Morgan fingerprint density at radius 3 is 2.00 bits per heavy atom. The van der Waals surface area contributed by atoms with Crippen LogP contribution in [0.25, 0.3) is 0 Å². The minimum atomic E-state index is -2.28. The molecule has 2 rings (SSSR count). The molecule has 0 aromatic carbocycles. The quantitative estimate of drug-likeness (QED) is 0.204. The number of rotatable bonds is 4. The van der Waals surface area contributed by atoms with Crippen molar-refractivity contribution in [3.05, 3.63) is 0 Å². The normalized spacial score (nSPS) is 53.1. The lowest BCUT2D eigenvalue weighted by atomic mass is 9.97. The molecule has 0 aromatic heterocycles. The van der Waals surface area contributed by atoms with E-state index in [2.05, 4.69) is 15.9 Å². The zero-order valence-electron chi connectivity index (χ0n) is 12.3. The largest absolute Gasteiger partial charge is 0.394 e. The van der Waals surface area contributed by atoms with E-state index in [1.807, 2.05) is 0 Å². The summed E-state index contributed by atoms with van der Waals surface area (Å²) in [5, 5.41) is 77.6. The van der Waals surface area contributed by atoms with E-state index in [0.717, 1.165) is 0 Å². The summed E-state index contributed by atoms with van der Waals surface area (Å²) in [5.41, 5.74) is 0. The maximum Gasteiger partial charge on any atom is 0.188 e. The molecule has 2 heterocycles. The fourth-order valence-electron chi connectivity index (χ4n) is 2.59. The summed E-state index contributed by atoms with van der Waals surface area (Å²) in [6, 6.07) is 0. The first-order chi connectivity index (χ1) is 11.1. The van der Waals surface area contributed by atoms with Gasteiger partial charge in [-0.3, -0.25) is 0 Å². The van der Waals surface area contributed by atoms with Crippen LogP contribution in [0.4, 0.5) is 0 Å². The minimum absolute atomic E-state index is 0.695. The van der Waals surface area contributed by atoms with Gasteiger partial charge in [0.25, 0.3) is 0 Å². The van der Waals surface area contributed by atoms with E-state index in [0.29, 0.717) is 0 Å². The Morgan fingerprint density at radius 2 is 1.46 bits per heavy atom. The SMILES string of the molecule is OC[C@H]1O[C@@H](O)[C@H](O)[C@@H](O)[C@@H]1O[C@H]1O[C@H](CO)[C@@H](O)[C@@](O)(Br)[C@H]1O. The van der Waals surface area contributed by atoms with Gasteiger partial charge in [0.1, 0.15) is 42.7 Å². The molecule has 0 saturated carbocycles. The van der Waals surface area contributed by atoms with Crippen LogP contribution in [0.2, 0.25) is 0 Å². The van der Waals surface area contributed by atoms with Gasteiger partial charge < -0.3 is 55.1 Å². The maximum absolute atomic E-state index is 10.1. The lowest BCUT2D eigenvalue weighted by Gasteiger charge is -2.47. The molecular formula is C12H21BrO11. The summed E-state index contributed by atoms with van der Waals surface area (Å²) in [7, 11) is 0. The van der Waals surface area contributed by atoms with Crippen LogP contribution < -0.4 is 0 Å². The molecule has 0 spiro atoms. The van der Waals surface area contributed by atoms with E-state index in [1.165, 1.54) is 0 Å². The highest BCUT2D eigenvalue weighted by Crippen LogP contribution is 2.36. The molecule has 12 heteroatoms. The first-order valence-corrected chi connectivity index (χ1v) is 7.94. The fourth-order valence-corrected chi connectivity index (χ4v) is 3.10. The minimum Gasteiger partial charge on any atom is -0.394 e. The van der Waals surface area contributed by atoms with Gasteiger partial charge in [0.15, 0.2) is 17.1 Å². The second-order valence-electron chi connectivity index (χ2n) is 5.67. The molecule has 2 aliphatic heterocycles. The highest BCUT2D eigenvalue weighted by atomic mass is 79.9. The third kappa shape index (κ3) is 3.60. The van der Waals surface area contributed by atoms with Gasteiger partial charge >= 0.3 is 0 Å². The summed E-state index contributed by atoms with van der Waals surface area (Å²) in [5.74, 6) is 0. The molecule has 8 N–H and O–H groups in total. The molecule has 0 aliphatic carbocycles. The van der Waals surface area contributed by atoms with E-state index >= 15 is 0 Å². The average Bonchev–Trinajstić information content (AvgIpc) is 2.55. The van der Waals surface area contributed by atoms with Crippen molar-refractivity contribution in [3.8, 4) is 0 Å². The Labute approximate surface area is 144 Å². The predicted molar refractivity (Wildman–Crippen MR) is 76.5 cm³/mol. The predicted octanol–water partition coefficient (Wildman–Crippen LogP) is -4.67. The summed E-state index contributed by atoms with van der Waals surface area (Å²) in [4.78, 5) is 0. The summed E-state index contributed by atoms with van der Waals surface area (Å²) < 4.78 is 13.1. The van der Waals surface area contributed by atoms with Crippen molar-refractivity contribution >= 4 is 15.9 Å². The molecule has 24 heavy (non-hydrogen) atoms. The Hall–Kier alpha value is 0.0400. The highest BCUT2D eigenvalue weighted by Gasteiger charge is 2.56. The van der Waals surface area contributed by atoms with Gasteiger partial charge in [-0.2, -0.15) is 0 Å². The zero-order valence-corrected chi connectivity index (χ0v) is 13.9. The third-order valence-corrected chi connectivity index (χ3v) is 5.00. The van der Waals surface area contributed by atoms with Crippen LogP contribution in [0, 0.1) is 0 Å². The number of ether oxygens (including phenoxy) is 3. The third-order valence-electron chi connectivity index (χ3n) is 4.06. The molecule has 10 atom stereocenters. The van der Waals surface area contributed by atoms with E-state index in [1.54, 1.807) is 0 Å². The van der Waals surface area contributed by atoms with E-state index in [9.17, 15) is 40.9 Å². The van der Waals surface area contributed by atoms with E-state index in [-0.39, 0.29) is 0 Å². The Bertz CT molecular complexity index is 422. The molecule has 0 aromatic rings. The lowest BCUT2D eigenvalue weighted by Crippen LogP contribution is -2.67. The first kappa shape index (κ1) is 20.4. The maximum atomic E-state index is 10.1. The molecule has 142 valence electrons. The fraction of sp³-hybridized carbons (Fsp3) is 1.00. The van der Waals surface area contributed by atoms with Crippen LogP contribution in [0.15, 0.2) is 0 Å². The summed E-state index contributed by atoms with van der Waals surface area (Å²) in [6.07, 6.45) is -14.4. The molecular weight excluding hydrogens is 400 g/mol. The Balaban J connectivity index is 2.18. The van der Waals surface area contributed by atoms with Crippen molar-refractivity contribution in [1.29, 1.82) is 0 Å². The molecule has 11 nitrogen and oxygen atoms in total. The number of halogens is 1.